The molecule has 2 rings (SSSR count). The molecule has 0 aliphatic rings. The summed E-state index contributed by atoms with van der Waals surface area (Å²) in [5, 5.41) is 0. The Labute approximate surface area is 165 Å². The molecule has 1 N–H and O–H groups in total. The number of aryl methyl sites for hydroxylation is 1. The fraction of sp³-hybridized carbons (Fsp3) is 0.238. The Bertz CT molecular complexity index is 950. The second-order valence-corrected chi connectivity index (χ2v) is 7.96. The summed E-state index contributed by atoms with van der Waals surface area (Å²) in [4.78, 5) is 24.8. The van der Waals surface area contributed by atoms with Crippen molar-refractivity contribution >= 4 is 21.8 Å². The number of nitrogens with one attached hydrogen (secondary N) is 1. The van der Waals surface area contributed by atoms with E-state index < -0.39 is 27.8 Å². The first-order valence-electron chi connectivity index (χ1n) is 8.77. The number of ketones is 1. The van der Waals surface area contributed by atoms with Gasteiger partial charge in [0, 0.05) is 17.6 Å². The molecule has 1 unspecified atom stereocenters. The summed E-state index contributed by atoms with van der Waals surface area (Å²) in [6.07, 6.45) is -0.197. The number of carbonyl (C=O) groups excluding carboxylic acids is 2. The summed E-state index contributed by atoms with van der Waals surface area (Å²) in [5.74, 6) is -1.12. The van der Waals surface area contributed by atoms with E-state index in [-0.39, 0.29) is 23.5 Å². The fourth-order valence-electron chi connectivity index (χ4n) is 2.53. The molecular weight excluding hydrogens is 378 g/mol. The number of Topliss-reactive ketones (excluding diaryl/α,β-unsaturated/α-hetero) is 1. The maximum absolute atomic E-state index is 12.9. The van der Waals surface area contributed by atoms with E-state index in [1.807, 2.05) is 6.92 Å². The van der Waals surface area contributed by atoms with Crippen LogP contribution in [0.2, 0.25) is 0 Å². The fourth-order valence-corrected chi connectivity index (χ4v) is 3.72. The van der Waals surface area contributed by atoms with Crippen molar-refractivity contribution in [3.05, 3.63) is 77.9 Å². The highest BCUT2D eigenvalue weighted by atomic mass is 32.2. The average molecular weight is 401 g/mol. The van der Waals surface area contributed by atoms with Crippen LogP contribution in [-0.2, 0) is 19.6 Å². The van der Waals surface area contributed by atoms with Crippen molar-refractivity contribution in [1.82, 2.24) is 4.72 Å². The molecule has 0 heterocycles. The highest BCUT2D eigenvalue weighted by Crippen LogP contribution is 2.16. The van der Waals surface area contributed by atoms with Gasteiger partial charge in [-0.05, 0) is 26.0 Å². The maximum atomic E-state index is 12.9. The number of ether oxygens (including phenoxy) is 1. The molecule has 2 aromatic carbocycles. The van der Waals surface area contributed by atoms with Gasteiger partial charge in [-0.15, -0.1) is 0 Å². The second kappa shape index (κ2) is 9.43. The molecule has 6 nitrogen and oxygen atoms in total. The lowest BCUT2D eigenvalue weighted by Crippen LogP contribution is -2.41. The number of rotatable bonds is 9. The van der Waals surface area contributed by atoms with Gasteiger partial charge < -0.3 is 4.74 Å². The Morgan fingerprint density at radius 2 is 1.68 bits per heavy atom. The lowest BCUT2D eigenvalue weighted by atomic mass is 9.99. The van der Waals surface area contributed by atoms with Crippen LogP contribution < -0.4 is 4.72 Å². The zero-order valence-electron chi connectivity index (χ0n) is 15.8. The molecule has 0 aromatic heterocycles. The van der Waals surface area contributed by atoms with Gasteiger partial charge in [-0.25, -0.2) is 13.2 Å². The Morgan fingerprint density at radius 1 is 1.07 bits per heavy atom. The van der Waals surface area contributed by atoms with E-state index >= 15 is 0 Å². The molecule has 0 spiro atoms. The molecular formula is C21H23NO5S. The van der Waals surface area contributed by atoms with E-state index in [0.717, 1.165) is 5.56 Å². The van der Waals surface area contributed by atoms with Crippen LogP contribution in [0.4, 0.5) is 0 Å². The van der Waals surface area contributed by atoms with Crippen molar-refractivity contribution in [3.63, 3.8) is 0 Å². The number of hydrogen-bond donors (Lipinski definition) is 1. The first kappa shape index (κ1) is 21.5. The van der Waals surface area contributed by atoms with Crippen LogP contribution in [0.5, 0.6) is 0 Å². The van der Waals surface area contributed by atoms with Gasteiger partial charge in [-0.1, -0.05) is 54.6 Å². The third kappa shape index (κ3) is 5.61. The van der Waals surface area contributed by atoms with E-state index in [0.29, 0.717) is 5.56 Å². The quantitative estimate of drug-likeness (QED) is 0.396. The van der Waals surface area contributed by atoms with Crippen molar-refractivity contribution in [2.24, 2.45) is 0 Å². The van der Waals surface area contributed by atoms with E-state index in [1.165, 1.54) is 12.1 Å². The molecule has 148 valence electrons. The van der Waals surface area contributed by atoms with Crippen LogP contribution in [0, 0.1) is 6.92 Å². The number of carbonyl (C=O) groups is 2. The summed E-state index contributed by atoms with van der Waals surface area (Å²) in [6, 6.07) is 13.3. The van der Waals surface area contributed by atoms with Crippen molar-refractivity contribution < 1.29 is 22.7 Å². The molecule has 0 amide bonds. The normalized spacial score (nSPS) is 12.2. The smallest absolute Gasteiger partial charge is 0.333 e. The highest BCUT2D eigenvalue weighted by molar-refractivity contribution is 7.89. The van der Waals surface area contributed by atoms with Crippen LogP contribution in [0.1, 0.15) is 29.3 Å². The third-order valence-corrected chi connectivity index (χ3v) is 5.51. The van der Waals surface area contributed by atoms with Crippen molar-refractivity contribution in [2.75, 3.05) is 6.61 Å². The van der Waals surface area contributed by atoms with Crippen molar-refractivity contribution in [2.45, 2.75) is 31.2 Å². The van der Waals surface area contributed by atoms with Gasteiger partial charge in [0.25, 0.3) is 0 Å². The van der Waals surface area contributed by atoms with E-state index in [2.05, 4.69) is 11.3 Å². The van der Waals surface area contributed by atoms with Crippen LogP contribution in [-0.4, -0.2) is 32.8 Å². The number of hydrogen-bond acceptors (Lipinski definition) is 5. The molecule has 0 bridgehead atoms. The average Bonchev–Trinajstić information content (AvgIpc) is 2.68. The molecule has 2 aromatic rings. The van der Waals surface area contributed by atoms with Gasteiger partial charge in [0.2, 0.25) is 10.0 Å². The second-order valence-electron chi connectivity index (χ2n) is 6.25. The molecule has 0 radical (unpaired) electrons. The Morgan fingerprint density at radius 3 is 2.25 bits per heavy atom. The molecule has 1 atom stereocenters. The zero-order valence-corrected chi connectivity index (χ0v) is 16.7. The molecule has 0 saturated carbocycles. The zero-order chi connectivity index (χ0) is 20.7. The molecule has 0 saturated heterocycles. The van der Waals surface area contributed by atoms with E-state index in [9.17, 15) is 18.0 Å². The first-order chi connectivity index (χ1) is 13.2. The van der Waals surface area contributed by atoms with Gasteiger partial charge in [-0.3, -0.25) is 4.79 Å². The van der Waals surface area contributed by atoms with E-state index in [4.69, 9.17) is 4.74 Å². The van der Waals surface area contributed by atoms with Crippen LogP contribution >= 0.6 is 0 Å². The summed E-state index contributed by atoms with van der Waals surface area (Å²) in [6.45, 7) is 7.29. The Kier molecular flexibility index (Phi) is 7.25. The monoisotopic (exact) mass is 401 g/mol. The van der Waals surface area contributed by atoms with Crippen LogP contribution in [0.15, 0.2) is 71.6 Å². The molecule has 0 aliphatic heterocycles. The summed E-state index contributed by atoms with van der Waals surface area (Å²) >= 11 is 0. The minimum atomic E-state index is -3.98. The lowest BCUT2D eigenvalue weighted by Gasteiger charge is -2.19. The number of sulfonamides is 1. The minimum absolute atomic E-state index is 0.0164. The first-order valence-corrected chi connectivity index (χ1v) is 10.3. The Hall–Kier alpha value is -2.77. The largest absolute Gasteiger partial charge is 0.463 e. The van der Waals surface area contributed by atoms with Gasteiger partial charge in [0.1, 0.15) is 0 Å². The summed E-state index contributed by atoms with van der Waals surface area (Å²) in [7, 11) is -3.98. The molecule has 0 aliphatic carbocycles. The SMILES string of the molecule is C=C(CC(NS(=O)(=O)c1ccc(C)cc1)C(=O)c1ccccc1)C(=O)OCC. The predicted molar refractivity (Wildman–Crippen MR) is 106 cm³/mol. The van der Waals surface area contributed by atoms with Crippen LogP contribution in [0.3, 0.4) is 0 Å². The summed E-state index contributed by atoms with van der Waals surface area (Å²) in [5.41, 5.74) is 1.25. The summed E-state index contributed by atoms with van der Waals surface area (Å²) < 4.78 is 32.8. The highest BCUT2D eigenvalue weighted by Gasteiger charge is 2.28. The van der Waals surface area contributed by atoms with Crippen molar-refractivity contribution in [3.8, 4) is 0 Å². The lowest BCUT2D eigenvalue weighted by molar-refractivity contribution is -0.138. The van der Waals surface area contributed by atoms with Crippen molar-refractivity contribution in [1.29, 1.82) is 0 Å². The minimum Gasteiger partial charge on any atom is -0.463 e. The topological polar surface area (TPSA) is 89.5 Å². The number of benzene rings is 2. The van der Waals surface area contributed by atoms with Crippen LogP contribution in [0.25, 0.3) is 0 Å². The molecule has 28 heavy (non-hydrogen) atoms. The predicted octanol–water partition coefficient (Wildman–Crippen LogP) is 3.03. The standard InChI is InChI=1S/C21H23NO5S/c1-4-27-21(24)16(3)14-19(20(23)17-8-6-5-7-9-17)22-28(25,26)18-12-10-15(2)11-13-18/h5-13,19,22H,3-4,14H2,1-2H3. The van der Waals surface area contributed by atoms with E-state index in [1.54, 1.807) is 49.4 Å². The maximum Gasteiger partial charge on any atom is 0.333 e. The molecule has 0 fully saturated rings. The van der Waals surface area contributed by atoms with Gasteiger partial charge in [0.05, 0.1) is 17.5 Å². The Balaban J connectivity index is 2.32. The third-order valence-electron chi connectivity index (χ3n) is 4.02. The van der Waals surface area contributed by atoms with Gasteiger partial charge in [0.15, 0.2) is 5.78 Å². The number of esters is 1. The van der Waals surface area contributed by atoms with Gasteiger partial charge >= 0.3 is 5.97 Å². The molecule has 7 heteroatoms. The van der Waals surface area contributed by atoms with Gasteiger partial charge in [-0.2, -0.15) is 4.72 Å².